The molecule has 7 heteroatoms. The molecule has 178 valence electrons. The second-order valence-corrected chi connectivity index (χ2v) is 9.78. The molecular weight excluding hydrogens is 446 g/mol. The van der Waals surface area contributed by atoms with Gasteiger partial charge in [0, 0.05) is 23.2 Å². The van der Waals surface area contributed by atoms with Gasteiger partial charge in [-0.05, 0) is 48.1 Å². The summed E-state index contributed by atoms with van der Waals surface area (Å²) in [5.74, 6) is -0.336. The summed E-state index contributed by atoms with van der Waals surface area (Å²) < 4.78 is 0. The number of anilines is 2. The van der Waals surface area contributed by atoms with Gasteiger partial charge in [-0.1, -0.05) is 62.4 Å². The van der Waals surface area contributed by atoms with Crippen LogP contribution in [0.3, 0.4) is 0 Å². The predicted octanol–water partition coefficient (Wildman–Crippen LogP) is 6.15. The van der Waals surface area contributed by atoms with Gasteiger partial charge in [0.2, 0.25) is 0 Å². The van der Waals surface area contributed by atoms with E-state index in [1.807, 2.05) is 12.1 Å². The number of aliphatic carboxylic acids is 1. The van der Waals surface area contributed by atoms with E-state index in [0.717, 1.165) is 17.9 Å². The first-order valence-corrected chi connectivity index (χ1v) is 12.8. The summed E-state index contributed by atoms with van der Waals surface area (Å²) >= 11 is 1.22. The molecule has 0 spiro atoms. The normalized spacial score (nSPS) is 14.0. The number of aryl methyl sites for hydroxylation is 1. The fourth-order valence-corrected chi connectivity index (χ4v) is 5.19. The van der Waals surface area contributed by atoms with Gasteiger partial charge >= 0.3 is 5.97 Å². The highest BCUT2D eigenvalue weighted by molar-refractivity contribution is 7.14. The second kappa shape index (κ2) is 11.8. The van der Waals surface area contributed by atoms with Gasteiger partial charge < -0.3 is 10.4 Å². The maximum atomic E-state index is 12.5. The Kier molecular flexibility index (Phi) is 8.31. The number of carboxylic acid groups (broad SMARTS) is 1. The molecule has 1 aromatic heterocycles. The molecule has 0 radical (unpaired) electrons. The van der Waals surface area contributed by atoms with Gasteiger partial charge in [0.15, 0.2) is 5.13 Å². The molecule has 0 saturated heterocycles. The maximum Gasteiger partial charge on any atom is 0.309 e. The minimum Gasteiger partial charge on any atom is -0.481 e. The molecule has 1 aliphatic rings. The third-order valence-electron chi connectivity index (χ3n) is 6.37. The Balaban J connectivity index is 1.29. The van der Waals surface area contributed by atoms with Crippen LogP contribution in [0.4, 0.5) is 10.8 Å². The van der Waals surface area contributed by atoms with Crippen molar-refractivity contribution in [3.63, 3.8) is 0 Å². The zero-order valence-electron chi connectivity index (χ0n) is 19.3. The molecule has 1 aliphatic carbocycles. The average molecular weight is 478 g/mol. The van der Waals surface area contributed by atoms with Crippen LogP contribution in [0.2, 0.25) is 0 Å². The Morgan fingerprint density at radius 2 is 1.79 bits per heavy atom. The summed E-state index contributed by atoms with van der Waals surface area (Å²) in [7, 11) is 0. The lowest BCUT2D eigenvalue weighted by molar-refractivity contribution is -0.136. The van der Waals surface area contributed by atoms with Crippen LogP contribution in [0.5, 0.6) is 0 Å². The van der Waals surface area contributed by atoms with Gasteiger partial charge in [-0.3, -0.25) is 14.9 Å². The van der Waals surface area contributed by atoms with Crippen LogP contribution < -0.4 is 10.6 Å². The quantitative estimate of drug-likeness (QED) is 0.326. The van der Waals surface area contributed by atoms with E-state index in [1.165, 1.54) is 61.1 Å². The number of rotatable bonds is 10. The van der Waals surface area contributed by atoms with Crippen molar-refractivity contribution in [1.82, 2.24) is 4.98 Å². The first-order chi connectivity index (χ1) is 16.6. The Morgan fingerprint density at radius 3 is 2.56 bits per heavy atom. The number of amides is 1. The Labute approximate surface area is 204 Å². The topological polar surface area (TPSA) is 91.3 Å². The number of nitrogens with zero attached hydrogens (tertiary/aromatic N) is 1. The number of thiazole rings is 1. The molecule has 4 rings (SSSR count). The van der Waals surface area contributed by atoms with Gasteiger partial charge in [0.05, 0.1) is 12.1 Å². The number of hydrogen-bond donors (Lipinski definition) is 3. The van der Waals surface area contributed by atoms with Gasteiger partial charge in [0.25, 0.3) is 5.91 Å². The number of nitrogens with one attached hydrogen (secondary N) is 2. The van der Waals surface area contributed by atoms with Crippen LogP contribution in [0.15, 0.2) is 53.9 Å². The number of carboxylic acids is 1. The van der Waals surface area contributed by atoms with E-state index in [9.17, 15) is 9.59 Å². The third-order valence-corrected chi connectivity index (χ3v) is 7.17. The van der Waals surface area contributed by atoms with Crippen molar-refractivity contribution in [1.29, 1.82) is 0 Å². The summed E-state index contributed by atoms with van der Waals surface area (Å²) in [6.45, 7) is 0.688. The fourth-order valence-electron chi connectivity index (χ4n) is 4.49. The highest BCUT2D eigenvalue weighted by atomic mass is 32.1. The van der Waals surface area contributed by atoms with E-state index >= 15 is 0 Å². The van der Waals surface area contributed by atoms with Crippen LogP contribution >= 0.6 is 11.3 Å². The minimum absolute atomic E-state index is 0.155. The van der Waals surface area contributed by atoms with E-state index in [2.05, 4.69) is 39.9 Å². The molecule has 1 fully saturated rings. The van der Waals surface area contributed by atoms with Crippen LogP contribution in [-0.2, 0) is 24.2 Å². The van der Waals surface area contributed by atoms with Crippen molar-refractivity contribution in [3.8, 4) is 0 Å². The van der Waals surface area contributed by atoms with Crippen LogP contribution in [-0.4, -0.2) is 22.0 Å². The molecule has 1 amide bonds. The Morgan fingerprint density at radius 1 is 1.03 bits per heavy atom. The van der Waals surface area contributed by atoms with Crippen molar-refractivity contribution < 1.29 is 14.7 Å². The second-order valence-electron chi connectivity index (χ2n) is 8.92. The van der Waals surface area contributed by atoms with E-state index in [0.29, 0.717) is 22.9 Å². The molecule has 0 aliphatic heterocycles. The molecule has 0 atom stereocenters. The minimum atomic E-state index is -0.945. The van der Waals surface area contributed by atoms with Crippen molar-refractivity contribution >= 4 is 34.0 Å². The largest absolute Gasteiger partial charge is 0.481 e. The van der Waals surface area contributed by atoms with Crippen LogP contribution in [0, 0.1) is 5.92 Å². The first-order valence-electron chi connectivity index (χ1n) is 11.9. The van der Waals surface area contributed by atoms with Crippen LogP contribution in [0.25, 0.3) is 0 Å². The summed E-state index contributed by atoms with van der Waals surface area (Å²) in [5, 5.41) is 17.2. The van der Waals surface area contributed by atoms with Crippen LogP contribution in [0.1, 0.15) is 65.7 Å². The number of aromatic nitrogens is 1. The lowest BCUT2D eigenvalue weighted by Gasteiger charge is -2.22. The molecule has 2 aromatic carbocycles. The van der Waals surface area contributed by atoms with Gasteiger partial charge in [0.1, 0.15) is 0 Å². The number of hydrogen-bond acceptors (Lipinski definition) is 5. The maximum absolute atomic E-state index is 12.5. The molecule has 0 bridgehead atoms. The highest BCUT2D eigenvalue weighted by Gasteiger charge is 2.14. The molecule has 1 saturated carbocycles. The summed E-state index contributed by atoms with van der Waals surface area (Å²) in [6, 6.07) is 16.0. The summed E-state index contributed by atoms with van der Waals surface area (Å²) in [4.78, 5) is 27.4. The monoisotopic (exact) mass is 477 g/mol. The van der Waals surface area contributed by atoms with E-state index in [-0.39, 0.29) is 12.3 Å². The van der Waals surface area contributed by atoms with E-state index < -0.39 is 5.97 Å². The number of carbonyl (C=O) groups is 2. The third kappa shape index (κ3) is 6.90. The number of carbonyl (C=O) groups excluding carboxylic acids is 1. The lowest BCUT2D eigenvalue weighted by atomic mass is 9.85. The smallest absolute Gasteiger partial charge is 0.309 e. The van der Waals surface area contributed by atoms with Crippen molar-refractivity contribution in [2.45, 2.75) is 57.9 Å². The predicted molar refractivity (Wildman–Crippen MR) is 137 cm³/mol. The van der Waals surface area contributed by atoms with E-state index in [1.54, 1.807) is 17.5 Å². The number of para-hydroxylation sites is 1. The summed E-state index contributed by atoms with van der Waals surface area (Å²) in [5.41, 5.74) is 4.62. The van der Waals surface area contributed by atoms with Crippen molar-refractivity contribution in [2.24, 2.45) is 5.92 Å². The fraction of sp³-hybridized carbons (Fsp3) is 0.370. The number of benzene rings is 2. The molecule has 3 aromatic rings. The molecule has 1 heterocycles. The zero-order valence-corrected chi connectivity index (χ0v) is 20.1. The zero-order chi connectivity index (χ0) is 23.8. The summed E-state index contributed by atoms with van der Waals surface area (Å²) in [6.07, 6.45) is 9.13. The first kappa shape index (κ1) is 24.0. The molecule has 34 heavy (non-hydrogen) atoms. The lowest BCUT2D eigenvalue weighted by Crippen LogP contribution is -2.12. The molecule has 6 nitrogen and oxygen atoms in total. The van der Waals surface area contributed by atoms with Gasteiger partial charge in [-0.25, -0.2) is 4.98 Å². The van der Waals surface area contributed by atoms with Gasteiger partial charge in [-0.15, -0.1) is 11.3 Å². The SMILES string of the molecule is O=C(O)Cc1csc(NC(=O)c2ccc(CNc3ccccc3CCC3CCCCC3)cc2)n1. The molecule has 3 N–H and O–H groups in total. The highest BCUT2D eigenvalue weighted by Crippen LogP contribution is 2.29. The standard InChI is InChI=1S/C27H31N3O3S/c31-25(32)16-23-18-34-27(29-23)30-26(33)22-14-11-20(12-15-22)17-28-24-9-5-4-8-21(24)13-10-19-6-2-1-3-7-19/h4-5,8-9,11-12,14-15,18-19,28H,1-3,6-7,10,13,16-17H2,(H,31,32)(H,29,30,33). The van der Waals surface area contributed by atoms with Crippen molar-refractivity contribution in [3.05, 3.63) is 76.3 Å². The van der Waals surface area contributed by atoms with Crippen molar-refractivity contribution in [2.75, 3.05) is 10.6 Å². The Hall–Kier alpha value is -3.19. The van der Waals surface area contributed by atoms with Gasteiger partial charge in [-0.2, -0.15) is 0 Å². The Bertz CT molecular complexity index is 1100. The van der Waals surface area contributed by atoms with E-state index in [4.69, 9.17) is 5.11 Å². The molecular formula is C27H31N3O3S. The average Bonchev–Trinajstić information content (AvgIpc) is 3.28. The molecule has 0 unspecified atom stereocenters.